The third kappa shape index (κ3) is 2.48. The standard InChI is InChI=1S/C10H21N/c1-4-9(2)10-5-7-11(3)8-6-10/h9-10H,4-8H2,1-3H3/t9-/m1/s1. The van der Waals surface area contributed by atoms with Crippen molar-refractivity contribution in [3.63, 3.8) is 0 Å². The van der Waals surface area contributed by atoms with Crippen molar-refractivity contribution in [2.75, 3.05) is 20.1 Å². The molecule has 1 saturated heterocycles. The van der Waals surface area contributed by atoms with Crippen LogP contribution in [0.5, 0.6) is 0 Å². The number of nitrogens with zero attached hydrogens (tertiary/aromatic N) is 1. The Kier molecular flexibility index (Phi) is 3.38. The van der Waals surface area contributed by atoms with Crippen molar-refractivity contribution < 1.29 is 0 Å². The summed E-state index contributed by atoms with van der Waals surface area (Å²) >= 11 is 0. The fourth-order valence-corrected chi connectivity index (χ4v) is 1.93. The highest BCUT2D eigenvalue weighted by molar-refractivity contribution is 4.73. The summed E-state index contributed by atoms with van der Waals surface area (Å²) in [5.74, 6) is 1.96. The van der Waals surface area contributed by atoms with E-state index in [9.17, 15) is 0 Å². The molecule has 1 heteroatoms. The Hall–Kier alpha value is -0.0400. The van der Waals surface area contributed by atoms with Gasteiger partial charge in [0.1, 0.15) is 0 Å². The molecule has 66 valence electrons. The van der Waals surface area contributed by atoms with Gasteiger partial charge in [0.05, 0.1) is 0 Å². The highest BCUT2D eigenvalue weighted by atomic mass is 15.1. The number of hydrogen-bond donors (Lipinski definition) is 0. The smallest absolute Gasteiger partial charge is 0.00190 e. The lowest BCUT2D eigenvalue weighted by Crippen LogP contribution is -2.32. The third-order valence-electron chi connectivity index (χ3n) is 3.21. The van der Waals surface area contributed by atoms with Gasteiger partial charge in [0.15, 0.2) is 0 Å². The lowest BCUT2D eigenvalue weighted by Gasteiger charge is -2.32. The van der Waals surface area contributed by atoms with Crippen molar-refractivity contribution in [3.05, 3.63) is 0 Å². The van der Waals surface area contributed by atoms with Crippen molar-refractivity contribution >= 4 is 0 Å². The molecule has 0 aromatic rings. The highest BCUT2D eigenvalue weighted by Gasteiger charge is 2.20. The molecule has 0 aromatic carbocycles. The summed E-state index contributed by atoms with van der Waals surface area (Å²) in [5.41, 5.74) is 0. The Labute approximate surface area is 70.8 Å². The van der Waals surface area contributed by atoms with Gasteiger partial charge < -0.3 is 4.90 Å². The fraction of sp³-hybridized carbons (Fsp3) is 1.00. The second-order valence-electron chi connectivity index (χ2n) is 4.03. The molecule has 0 bridgehead atoms. The van der Waals surface area contributed by atoms with Crippen molar-refractivity contribution in [1.29, 1.82) is 0 Å². The molecule has 1 atom stereocenters. The molecule has 1 nitrogen and oxygen atoms in total. The topological polar surface area (TPSA) is 3.24 Å². The second-order valence-corrected chi connectivity index (χ2v) is 4.03. The van der Waals surface area contributed by atoms with E-state index in [0.717, 1.165) is 11.8 Å². The summed E-state index contributed by atoms with van der Waals surface area (Å²) < 4.78 is 0. The van der Waals surface area contributed by atoms with Crippen LogP contribution in [0.25, 0.3) is 0 Å². The van der Waals surface area contributed by atoms with Gasteiger partial charge in [-0.25, -0.2) is 0 Å². The van der Waals surface area contributed by atoms with E-state index in [-0.39, 0.29) is 0 Å². The van der Waals surface area contributed by atoms with Gasteiger partial charge in [0.25, 0.3) is 0 Å². The van der Waals surface area contributed by atoms with E-state index in [1.165, 1.54) is 32.4 Å². The van der Waals surface area contributed by atoms with Crippen LogP contribution in [0.1, 0.15) is 33.1 Å². The molecule has 0 unspecified atom stereocenters. The van der Waals surface area contributed by atoms with Gasteiger partial charge in [0.2, 0.25) is 0 Å². The molecular formula is C10H21N. The Balaban J connectivity index is 2.27. The van der Waals surface area contributed by atoms with Gasteiger partial charge in [0, 0.05) is 0 Å². The second kappa shape index (κ2) is 4.10. The summed E-state index contributed by atoms with van der Waals surface area (Å²) in [6, 6.07) is 0. The van der Waals surface area contributed by atoms with Crippen molar-refractivity contribution in [2.45, 2.75) is 33.1 Å². The predicted octanol–water partition coefficient (Wildman–Crippen LogP) is 2.37. The van der Waals surface area contributed by atoms with Crippen LogP contribution in [-0.4, -0.2) is 25.0 Å². The minimum atomic E-state index is 0.948. The molecule has 0 aliphatic carbocycles. The molecule has 1 heterocycles. The lowest BCUT2D eigenvalue weighted by atomic mass is 9.84. The summed E-state index contributed by atoms with van der Waals surface area (Å²) in [7, 11) is 2.23. The zero-order valence-electron chi connectivity index (χ0n) is 8.14. The van der Waals surface area contributed by atoms with Crippen LogP contribution in [0.2, 0.25) is 0 Å². The van der Waals surface area contributed by atoms with Gasteiger partial charge in [-0.15, -0.1) is 0 Å². The minimum Gasteiger partial charge on any atom is -0.306 e. The molecule has 1 rings (SSSR count). The van der Waals surface area contributed by atoms with Crippen molar-refractivity contribution in [2.24, 2.45) is 11.8 Å². The van der Waals surface area contributed by atoms with E-state index < -0.39 is 0 Å². The van der Waals surface area contributed by atoms with Crippen LogP contribution in [0, 0.1) is 11.8 Å². The Morgan fingerprint density at radius 2 is 1.91 bits per heavy atom. The predicted molar refractivity (Wildman–Crippen MR) is 49.7 cm³/mol. The van der Waals surface area contributed by atoms with Crippen LogP contribution < -0.4 is 0 Å². The van der Waals surface area contributed by atoms with Crippen LogP contribution >= 0.6 is 0 Å². The van der Waals surface area contributed by atoms with Crippen LogP contribution in [0.3, 0.4) is 0 Å². The molecule has 0 saturated carbocycles. The van der Waals surface area contributed by atoms with E-state index >= 15 is 0 Å². The number of piperidine rings is 1. The van der Waals surface area contributed by atoms with Gasteiger partial charge in [-0.3, -0.25) is 0 Å². The highest BCUT2D eigenvalue weighted by Crippen LogP contribution is 2.25. The monoisotopic (exact) mass is 155 g/mol. The molecule has 0 radical (unpaired) electrons. The maximum absolute atomic E-state index is 2.44. The molecule has 0 amide bonds. The molecule has 0 aromatic heterocycles. The first-order valence-electron chi connectivity index (χ1n) is 4.92. The first-order valence-corrected chi connectivity index (χ1v) is 4.92. The molecule has 0 N–H and O–H groups in total. The van der Waals surface area contributed by atoms with Crippen molar-refractivity contribution in [1.82, 2.24) is 4.90 Å². The van der Waals surface area contributed by atoms with E-state index in [2.05, 4.69) is 25.8 Å². The van der Waals surface area contributed by atoms with Crippen molar-refractivity contribution in [3.8, 4) is 0 Å². The molecule has 1 fully saturated rings. The molecular weight excluding hydrogens is 134 g/mol. The molecule has 1 aliphatic rings. The van der Waals surface area contributed by atoms with E-state index in [4.69, 9.17) is 0 Å². The fourth-order valence-electron chi connectivity index (χ4n) is 1.93. The van der Waals surface area contributed by atoms with Crippen LogP contribution in [0.4, 0.5) is 0 Å². The number of hydrogen-bond acceptors (Lipinski definition) is 1. The zero-order valence-corrected chi connectivity index (χ0v) is 8.14. The van der Waals surface area contributed by atoms with E-state index in [0.29, 0.717) is 0 Å². The minimum absolute atomic E-state index is 0.948. The molecule has 11 heavy (non-hydrogen) atoms. The average molecular weight is 155 g/mol. The Bertz CT molecular complexity index is 103. The van der Waals surface area contributed by atoms with Crippen LogP contribution in [-0.2, 0) is 0 Å². The van der Waals surface area contributed by atoms with Gasteiger partial charge in [-0.2, -0.15) is 0 Å². The SMILES string of the molecule is CC[C@@H](C)C1CCN(C)CC1. The number of likely N-dealkylation sites (tertiary alicyclic amines) is 1. The van der Waals surface area contributed by atoms with E-state index in [1.807, 2.05) is 0 Å². The molecule has 1 aliphatic heterocycles. The third-order valence-corrected chi connectivity index (χ3v) is 3.21. The van der Waals surface area contributed by atoms with E-state index in [1.54, 1.807) is 0 Å². The summed E-state index contributed by atoms with van der Waals surface area (Å²) in [6.45, 7) is 7.34. The van der Waals surface area contributed by atoms with Crippen LogP contribution in [0.15, 0.2) is 0 Å². The number of rotatable bonds is 2. The summed E-state index contributed by atoms with van der Waals surface area (Å²) in [5, 5.41) is 0. The Morgan fingerprint density at radius 3 is 2.36 bits per heavy atom. The van der Waals surface area contributed by atoms with Gasteiger partial charge in [-0.1, -0.05) is 20.3 Å². The maximum Gasteiger partial charge on any atom is -0.00190 e. The maximum atomic E-state index is 2.44. The first-order chi connectivity index (χ1) is 5.24. The largest absolute Gasteiger partial charge is 0.306 e. The Morgan fingerprint density at radius 1 is 1.36 bits per heavy atom. The summed E-state index contributed by atoms with van der Waals surface area (Å²) in [6.07, 6.45) is 4.20. The normalized spacial score (nSPS) is 25.4. The average Bonchev–Trinajstić information content (AvgIpc) is 2.05. The summed E-state index contributed by atoms with van der Waals surface area (Å²) in [4.78, 5) is 2.44. The van der Waals surface area contributed by atoms with Gasteiger partial charge >= 0.3 is 0 Å². The molecule has 0 spiro atoms. The lowest BCUT2D eigenvalue weighted by molar-refractivity contribution is 0.175. The zero-order chi connectivity index (χ0) is 8.27. The van der Waals surface area contributed by atoms with Gasteiger partial charge in [-0.05, 0) is 44.8 Å². The quantitative estimate of drug-likeness (QED) is 0.592. The first kappa shape index (κ1) is 9.05.